The summed E-state index contributed by atoms with van der Waals surface area (Å²) in [6.07, 6.45) is -1.47. The Balaban J connectivity index is 2.37. The lowest BCUT2D eigenvalue weighted by molar-refractivity contribution is -0.163. The number of rotatable bonds is 5. The molecule has 5 nitrogen and oxygen atoms in total. The van der Waals surface area contributed by atoms with Crippen LogP contribution >= 0.6 is 0 Å². The van der Waals surface area contributed by atoms with Gasteiger partial charge in [0.2, 0.25) is 40.6 Å². The molecular weight excluding hydrogens is 379 g/mol. The second kappa shape index (κ2) is 7.41. The van der Waals surface area contributed by atoms with E-state index in [0.29, 0.717) is 0 Å². The fourth-order valence-electron chi connectivity index (χ4n) is 2.63. The molecule has 0 bridgehead atoms. The van der Waals surface area contributed by atoms with E-state index in [1.807, 2.05) is 0 Å². The first kappa shape index (κ1) is 21.1. The average molecular weight is 396 g/mol. The molecule has 0 spiro atoms. The first-order valence-electron chi connectivity index (χ1n) is 7.99. The quantitative estimate of drug-likeness (QED) is 0.250. The number of hydrogen-bond donors (Lipinski definition) is 0. The van der Waals surface area contributed by atoms with Crippen molar-refractivity contribution in [2.24, 2.45) is 11.8 Å². The smallest absolute Gasteiger partial charge is 0.338 e. The minimum atomic E-state index is -2.38. The van der Waals surface area contributed by atoms with E-state index < -0.39 is 64.6 Å². The Hall–Kier alpha value is -2.23. The molecule has 0 aliphatic carbocycles. The fraction of sp³-hybridized carbons (Fsp3) is 0.529. The summed E-state index contributed by atoms with van der Waals surface area (Å²) in [6, 6.07) is 0. The molecule has 2 atom stereocenters. The molecule has 1 saturated heterocycles. The molecule has 150 valence electrons. The molecule has 0 radical (unpaired) electrons. The van der Waals surface area contributed by atoms with Crippen molar-refractivity contribution < 1.29 is 45.8 Å². The predicted octanol–water partition coefficient (Wildman–Crippen LogP) is 3.63. The summed E-state index contributed by atoms with van der Waals surface area (Å²) in [4.78, 5) is 24.4. The van der Waals surface area contributed by atoms with Gasteiger partial charge in [-0.1, -0.05) is 13.8 Å². The summed E-state index contributed by atoms with van der Waals surface area (Å²) >= 11 is 0. The minimum absolute atomic E-state index is 0.0237. The van der Waals surface area contributed by atoms with Gasteiger partial charge in [-0.2, -0.15) is 8.78 Å². The van der Waals surface area contributed by atoms with Crippen LogP contribution in [0.25, 0.3) is 0 Å². The van der Waals surface area contributed by atoms with Crippen LogP contribution in [0.2, 0.25) is 0 Å². The van der Waals surface area contributed by atoms with Crippen LogP contribution in [0.1, 0.15) is 34.1 Å². The molecule has 1 fully saturated rings. The van der Waals surface area contributed by atoms with Gasteiger partial charge in [0.25, 0.3) is 0 Å². The summed E-state index contributed by atoms with van der Waals surface area (Å²) in [5.41, 5.74) is 0. The predicted molar refractivity (Wildman–Crippen MR) is 79.9 cm³/mol. The second-order valence-electron chi connectivity index (χ2n) is 6.92. The number of carbonyl (C=O) groups excluding carboxylic acids is 2. The van der Waals surface area contributed by atoms with Gasteiger partial charge in [0, 0.05) is 13.8 Å². The SMILES string of the molecule is CC(C)C[C@@H](C(=O)Oc1c(F)c(F)c(F)c(F)c1F)C1OC(C)(C)OC1=O. The van der Waals surface area contributed by atoms with Crippen LogP contribution in [0.4, 0.5) is 22.0 Å². The summed E-state index contributed by atoms with van der Waals surface area (Å²) in [6.45, 7) is 6.19. The first-order chi connectivity index (χ1) is 12.4. The van der Waals surface area contributed by atoms with Crippen LogP contribution < -0.4 is 4.74 Å². The maximum Gasteiger partial charge on any atom is 0.338 e. The average Bonchev–Trinajstić information content (AvgIpc) is 2.85. The van der Waals surface area contributed by atoms with Crippen molar-refractivity contribution in [1.82, 2.24) is 0 Å². The Morgan fingerprint density at radius 3 is 1.93 bits per heavy atom. The van der Waals surface area contributed by atoms with Crippen molar-refractivity contribution in [3.63, 3.8) is 0 Å². The van der Waals surface area contributed by atoms with Crippen LogP contribution in [-0.4, -0.2) is 23.8 Å². The molecule has 1 heterocycles. The van der Waals surface area contributed by atoms with Gasteiger partial charge in [-0.05, 0) is 12.3 Å². The van der Waals surface area contributed by atoms with E-state index in [2.05, 4.69) is 4.74 Å². The Bertz CT molecular complexity index is 748. The molecule has 0 amide bonds. The number of cyclic esters (lactones) is 1. The van der Waals surface area contributed by atoms with Gasteiger partial charge in [-0.25, -0.2) is 18.0 Å². The van der Waals surface area contributed by atoms with Gasteiger partial charge >= 0.3 is 11.9 Å². The minimum Gasteiger partial charge on any atom is -0.432 e. The summed E-state index contributed by atoms with van der Waals surface area (Å²) < 4.78 is 81.9. The molecule has 0 saturated carbocycles. The zero-order valence-corrected chi connectivity index (χ0v) is 14.9. The molecule has 1 aliphatic rings. The lowest BCUT2D eigenvalue weighted by atomic mass is 9.92. The Labute approximate surface area is 151 Å². The highest BCUT2D eigenvalue weighted by molar-refractivity contribution is 5.86. The molecule has 1 aromatic rings. The summed E-state index contributed by atoms with van der Waals surface area (Å²) in [5, 5.41) is 0. The Morgan fingerprint density at radius 2 is 1.52 bits per heavy atom. The molecule has 1 aromatic carbocycles. The number of halogens is 5. The normalized spacial score (nSPS) is 19.9. The lowest BCUT2D eigenvalue weighted by Gasteiger charge is -2.22. The third-order valence-electron chi connectivity index (χ3n) is 3.76. The van der Waals surface area contributed by atoms with Gasteiger partial charge < -0.3 is 14.2 Å². The van der Waals surface area contributed by atoms with Gasteiger partial charge in [-0.15, -0.1) is 0 Å². The molecule has 0 N–H and O–H groups in total. The van der Waals surface area contributed by atoms with E-state index in [4.69, 9.17) is 9.47 Å². The van der Waals surface area contributed by atoms with Crippen LogP contribution in [-0.2, 0) is 19.1 Å². The van der Waals surface area contributed by atoms with Crippen LogP contribution in [0, 0.1) is 40.9 Å². The van der Waals surface area contributed by atoms with E-state index in [1.165, 1.54) is 13.8 Å². The highest BCUT2D eigenvalue weighted by atomic mass is 19.2. The number of ether oxygens (including phenoxy) is 3. The third-order valence-corrected chi connectivity index (χ3v) is 3.76. The van der Waals surface area contributed by atoms with E-state index in [0.717, 1.165) is 0 Å². The Kier molecular flexibility index (Phi) is 5.79. The van der Waals surface area contributed by atoms with Crippen LogP contribution in [0.15, 0.2) is 0 Å². The van der Waals surface area contributed by atoms with E-state index >= 15 is 0 Å². The maximum atomic E-state index is 13.7. The number of carbonyl (C=O) groups is 2. The van der Waals surface area contributed by atoms with Crippen LogP contribution in [0.3, 0.4) is 0 Å². The molecule has 0 aromatic heterocycles. The molecule has 2 rings (SSSR count). The topological polar surface area (TPSA) is 61.8 Å². The van der Waals surface area contributed by atoms with Gasteiger partial charge in [0.15, 0.2) is 6.10 Å². The Morgan fingerprint density at radius 1 is 1.04 bits per heavy atom. The molecular formula is C17H17F5O5. The highest BCUT2D eigenvalue weighted by Crippen LogP contribution is 2.34. The van der Waals surface area contributed by atoms with E-state index in [1.54, 1.807) is 13.8 Å². The van der Waals surface area contributed by atoms with Crippen molar-refractivity contribution in [2.75, 3.05) is 0 Å². The molecule has 1 aliphatic heterocycles. The lowest BCUT2D eigenvalue weighted by Crippen LogP contribution is -2.37. The monoisotopic (exact) mass is 396 g/mol. The zero-order valence-electron chi connectivity index (χ0n) is 14.9. The fourth-order valence-corrected chi connectivity index (χ4v) is 2.63. The zero-order chi connectivity index (χ0) is 20.7. The van der Waals surface area contributed by atoms with Gasteiger partial charge in [0.05, 0.1) is 5.92 Å². The first-order valence-corrected chi connectivity index (χ1v) is 7.99. The second-order valence-corrected chi connectivity index (χ2v) is 6.92. The van der Waals surface area contributed by atoms with Gasteiger partial charge in [0.1, 0.15) is 0 Å². The summed E-state index contributed by atoms with van der Waals surface area (Å²) in [7, 11) is 0. The molecule has 1 unspecified atom stereocenters. The van der Waals surface area contributed by atoms with Crippen molar-refractivity contribution in [1.29, 1.82) is 0 Å². The van der Waals surface area contributed by atoms with Crippen molar-refractivity contribution in [3.8, 4) is 5.75 Å². The van der Waals surface area contributed by atoms with E-state index in [9.17, 15) is 31.5 Å². The number of benzene rings is 1. The highest BCUT2D eigenvalue weighted by Gasteiger charge is 2.48. The van der Waals surface area contributed by atoms with E-state index in [-0.39, 0.29) is 12.3 Å². The maximum absolute atomic E-state index is 13.7. The largest absolute Gasteiger partial charge is 0.432 e. The van der Waals surface area contributed by atoms with Crippen molar-refractivity contribution >= 4 is 11.9 Å². The molecule has 10 heteroatoms. The van der Waals surface area contributed by atoms with Gasteiger partial charge in [-0.3, -0.25) is 4.79 Å². The third kappa shape index (κ3) is 4.20. The van der Waals surface area contributed by atoms with Crippen LogP contribution in [0.5, 0.6) is 5.75 Å². The standard InChI is InChI=1S/C17H17F5O5/c1-6(2)5-7(13-16(24)27-17(3,4)26-13)15(23)25-14-11(21)9(19)8(18)10(20)12(14)22/h6-7,13H,5H2,1-4H3/t7-,13?/m1/s1. The summed E-state index contributed by atoms with van der Waals surface area (Å²) in [5.74, 6) is -18.4. The number of esters is 2. The number of hydrogen-bond acceptors (Lipinski definition) is 5. The molecule has 27 heavy (non-hydrogen) atoms. The van der Waals surface area contributed by atoms with Crippen molar-refractivity contribution in [2.45, 2.75) is 46.0 Å². The van der Waals surface area contributed by atoms with Crippen molar-refractivity contribution in [3.05, 3.63) is 29.1 Å².